The summed E-state index contributed by atoms with van der Waals surface area (Å²) in [5.74, 6) is -0.241. The molecule has 0 radical (unpaired) electrons. The fourth-order valence-corrected chi connectivity index (χ4v) is 3.58. The topological polar surface area (TPSA) is 74.6 Å². The average Bonchev–Trinajstić information content (AvgIpc) is 2.38. The van der Waals surface area contributed by atoms with E-state index in [9.17, 15) is 18.6 Å². The molecule has 0 spiro atoms. The number of rotatable bonds is 2. The molecule has 5 heteroatoms. The standard InChI is InChI=1S/C11H12O4S/c1-7(12)5-9-6-8-3-2-4-10(13)11(8)16(9,14)15/h2-4,6-7,12-13H,5H2,1H3. The normalized spacial score (nSPS) is 19.0. The maximum atomic E-state index is 12.0. The first kappa shape index (κ1) is 11.2. The average molecular weight is 240 g/mol. The minimum Gasteiger partial charge on any atom is -0.507 e. The Morgan fingerprint density at radius 3 is 2.62 bits per heavy atom. The number of aliphatic hydroxyl groups is 1. The van der Waals surface area contributed by atoms with Gasteiger partial charge in [-0.1, -0.05) is 12.1 Å². The number of hydrogen-bond acceptors (Lipinski definition) is 4. The van der Waals surface area contributed by atoms with E-state index in [-0.39, 0.29) is 22.0 Å². The third-order valence-electron chi connectivity index (χ3n) is 2.45. The number of benzene rings is 1. The fraction of sp³-hybridized carbons (Fsp3) is 0.273. The summed E-state index contributed by atoms with van der Waals surface area (Å²) in [6.07, 6.45) is 0.839. The van der Waals surface area contributed by atoms with Gasteiger partial charge in [-0.05, 0) is 24.6 Å². The Labute approximate surface area is 93.8 Å². The molecule has 86 valence electrons. The third-order valence-corrected chi connectivity index (χ3v) is 4.41. The van der Waals surface area contributed by atoms with E-state index in [1.54, 1.807) is 12.1 Å². The molecule has 0 aromatic heterocycles. The van der Waals surface area contributed by atoms with Gasteiger partial charge < -0.3 is 10.2 Å². The van der Waals surface area contributed by atoms with Gasteiger partial charge in [0.25, 0.3) is 0 Å². The van der Waals surface area contributed by atoms with Gasteiger partial charge in [-0.25, -0.2) is 8.42 Å². The Balaban J connectivity index is 2.56. The molecule has 0 bridgehead atoms. The van der Waals surface area contributed by atoms with Gasteiger partial charge in [-0.2, -0.15) is 0 Å². The molecule has 2 N–H and O–H groups in total. The summed E-state index contributed by atoms with van der Waals surface area (Å²) in [6.45, 7) is 1.53. The fourth-order valence-electron chi connectivity index (χ4n) is 1.79. The second-order valence-electron chi connectivity index (χ2n) is 3.86. The van der Waals surface area contributed by atoms with Gasteiger partial charge in [0, 0.05) is 6.42 Å². The summed E-state index contributed by atoms with van der Waals surface area (Å²) < 4.78 is 24.0. The highest BCUT2D eigenvalue weighted by Gasteiger charge is 2.32. The number of aliphatic hydroxyl groups excluding tert-OH is 1. The van der Waals surface area contributed by atoms with Crippen molar-refractivity contribution >= 4 is 15.9 Å². The summed E-state index contributed by atoms with van der Waals surface area (Å²) in [5, 5.41) is 18.8. The summed E-state index contributed by atoms with van der Waals surface area (Å²) >= 11 is 0. The van der Waals surface area contributed by atoms with Gasteiger partial charge in [-0.3, -0.25) is 0 Å². The maximum Gasteiger partial charge on any atom is 0.207 e. The molecule has 16 heavy (non-hydrogen) atoms. The van der Waals surface area contributed by atoms with Crippen molar-refractivity contribution in [3.63, 3.8) is 0 Å². The summed E-state index contributed by atoms with van der Waals surface area (Å²) in [5.41, 5.74) is 0.482. The van der Waals surface area contributed by atoms with Crippen LogP contribution >= 0.6 is 0 Å². The Kier molecular flexibility index (Phi) is 2.52. The van der Waals surface area contributed by atoms with Crippen LogP contribution in [0.25, 0.3) is 6.08 Å². The minimum atomic E-state index is -3.62. The van der Waals surface area contributed by atoms with Gasteiger partial charge >= 0.3 is 0 Å². The largest absolute Gasteiger partial charge is 0.507 e. The Hall–Kier alpha value is -1.33. The van der Waals surface area contributed by atoms with E-state index in [0.717, 1.165) is 0 Å². The molecule has 1 aromatic carbocycles. The molecule has 1 aliphatic heterocycles. The lowest BCUT2D eigenvalue weighted by Gasteiger charge is -2.06. The second kappa shape index (κ2) is 3.61. The molecule has 1 atom stereocenters. The number of hydrogen-bond donors (Lipinski definition) is 2. The van der Waals surface area contributed by atoms with Crippen molar-refractivity contribution in [1.29, 1.82) is 0 Å². The zero-order valence-corrected chi connectivity index (χ0v) is 9.53. The van der Waals surface area contributed by atoms with Gasteiger partial charge in [0.1, 0.15) is 10.6 Å². The molecule has 0 fully saturated rings. The van der Waals surface area contributed by atoms with E-state index < -0.39 is 15.9 Å². The molecular formula is C11H12O4S. The van der Waals surface area contributed by atoms with Crippen LogP contribution in [0.15, 0.2) is 28.0 Å². The van der Waals surface area contributed by atoms with Crippen LogP contribution in [0, 0.1) is 0 Å². The lowest BCUT2D eigenvalue weighted by atomic mass is 10.1. The molecule has 0 amide bonds. The monoisotopic (exact) mass is 240 g/mol. The molecule has 0 aliphatic carbocycles. The Bertz CT molecular complexity index is 555. The van der Waals surface area contributed by atoms with Crippen molar-refractivity contribution in [1.82, 2.24) is 0 Å². The van der Waals surface area contributed by atoms with E-state index >= 15 is 0 Å². The summed E-state index contributed by atoms with van der Waals surface area (Å²) in [7, 11) is -3.62. The predicted molar refractivity (Wildman–Crippen MR) is 59.6 cm³/mol. The van der Waals surface area contributed by atoms with Crippen LogP contribution in [0.1, 0.15) is 18.9 Å². The molecule has 0 saturated heterocycles. The van der Waals surface area contributed by atoms with Crippen molar-refractivity contribution < 1.29 is 18.6 Å². The van der Waals surface area contributed by atoms with E-state index in [1.807, 2.05) is 0 Å². The van der Waals surface area contributed by atoms with Crippen molar-refractivity contribution in [2.45, 2.75) is 24.3 Å². The number of phenolic OH excluding ortho intramolecular Hbond substituents is 1. The predicted octanol–water partition coefficient (Wildman–Crippen LogP) is 1.29. The van der Waals surface area contributed by atoms with E-state index in [4.69, 9.17) is 0 Å². The van der Waals surface area contributed by atoms with E-state index in [1.165, 1.54) is 19.1 Å². The molecule has 0 saturated carbocycles. The molecule has 4 nitrogen and oxygen atoms in total. The number of fused-ring (bicyclic) bond motifs is 1. The van der Waals surface area contributed by atoms with Gasteiger partial charge in [0.2, 0.25) is 9.84 Å². The van der Waals surface area contributed by atoms with Crippen molar-refractivity contribution in [2.75, 3.05) is 0 Å². The Morgan fingerprint density at radius 1 is 1.38 bits per heavy atom. The van der Waals surface area contributed by atoms with Crippen LogP contribution in [-0.2, 0) is 9.84 Å². The zero-order chi connectivity index (χ0) is 11.9. The number of sulfone groups is 1. The van der Waals surface area contributed by atoms with Crippen LogP contribution < -0.4 is 0 Å². The SMILES string of the molecule is CC(O)CC1=Cc2cccc(O)c2S1(=O)=O. The van der Waals surface area contributed by atoms with E-state index in [2.05, 4.69) is 0 Å². The summed E-state index contributed by atoms with van der Waals surface area (Å²) in [6, 6.07) is 4.56. The Morgan fingerprint density at radius 2 is 2.06 bits per heavy atom. The molecular weight excluding hydrogens is 228 g/mol. The molecule has 2 rings (SSSR count). The van der Waals surface area contributed by atoms with Gasteiger partial charge in [0.15, 0.2) is 0 Å². The maximum absolute atomic E-state index is 12.0. The first-order valence-electron chi connectivity index (χ1n) is 4.88. The third kappa shape index (κ3) is 1.62. The lowest BCUT2D eigenvalue weighted by Crippen LogP contribution is -2.07. The summed E-state index contributed by atoms with van der Waals surface area (Å²) in [4.78, 5) is 0.102. The van der Waals surface area contributed by atoms with Crippen LogP contribution in [0.4, 0.5) is 0 Å². The van der Waals surface area contributed by atoms with Crippen LogP contribution in [0.2, 0.25) is 0 Å². The molecule has 1 heterocycles. The first-order chi connectivity index (χ1) is 7.43. The van der Waals surface area contributed by atoms with Crippen LogP contribution in [-0.4, -0.2) is 24.7 Å². The van der Waals surface area contributed by atoms with Gasteiger partial charge in [-0.15, -0.1) is 0 Å². The van der Waals surface area contributed by atoms with Crippen molar-refractivity contribution in [3.8, 4) is 5.75 Å². The quantitative estimate of drug-likeness (QED) is 0.817. The van der Waals surface area contributed by atoms with E-state index in [0.29, 0.717) is 5.56 Å². The highest BCUT2D eigenvalue weighted by Crippen LogP contribution is 2.39. The van der Waals surface area contributed by atoms with Gasteiger partial charge in [0.05, 0.1) is 11.0 Å². The van der Waals surface area contributed by atoms with Crippen LogP contribution in [0.3, 0.4) is 0 Å². The minimum absolute atomic E-state index is 0.0503. The molecule has 1 aliphatic rings. The van der Waals surface area contributed by atoms with Crippen molar-refractivity contribution in [3.05, 3.63) is 28.7 Å². The lowest BCUT2D eigenvalue weighted by molar-refractivity contribution is 0.197. The number of aromatic hydroxyl groups is 1. The zero-order valence-electron chi connectivity index (χ0n) is 8.71. The molecule has 1 unspecified atom stereocenters. The smallest absolute Gasteiger partial charge is 0.207 e. The molecule has 1 aromatic rings. The van der Waals surface area contributed by atoms with Crippen LogP contribution in [0.5, 0.6) is 5.75 Å². The number of phenols is 1. The second-order valence-corrected chi connectivity index (χ2v) is 5.80. The van der Waals surface area contributed by atoms with Crippen molar-refractivity contribution in [2.24, 2.45) is 0 Å². The highest BCUT2D eigenvalue weighted by atomic mass is 32.2. The first-order valence-corrected chi connectivity index (χ1v) is 6.37. The highest BCUT2D eigenvalue weighted by molar-refractivity contribution is 7.96.